The summed E-state index contributed by atoms with van der Waals surface area (Å²) in [5, 5.41) is 9.63. The van der Waals surface area contributed by atoms with Crippen LogP contribution < -0.4 is 14.4 Å². The molecule has 0 aliphatic carbocycles. The van der Waals surface area contributed by atoms with Crippen LogP contribution in [-0.4, -0.2) is 27.3 Å². The zero-order chi connectivity index (χ0) is 18.5. The van der Waals surface area contributed by atoms with E-state index in [1.54, 1.807) is 14.2 Å². The summed E-state index contributed by atoms with van der Waals surface area (Å²) in [4.78, 5) is 2.32. The largest absolute Gasteiger partial charge is 0.496 e. The van der Waals surface area contributed by atoms with Gasteiger partial charge in [-0.1, -0.05) is 29.8 Å². The molecule has 1 fully saturated rings. The highest BCUT2D eigenvalue weighted by atomic mass is 16.5. The topological polar surface area (TPSA) is 45.5 Å². The van der Waals surface area contributed by atoms with Crippen molar-refractivity contribution in [2.45, 2.75) is 19.8 Å². The minimum absolute atomic E-state index is 0.597. The van der Waals surface area contributed by atoms with Crippen LogP contribution in [0.4, 0.5) is 5.69 Å². The van der Waals surface area contributed by atoms with Gasteiger partial charge >= 0.3 is 0 Å². The average molecular weight is 348 g/mol. The van der Waals surface area contributed by atoms with E-state index in [1.165, 1.54) is 18.4 Å². The highest BCUT2D eigenvalue weighted by Gasteiger charge is 2.19. The van der Waals surface area contributed by atoms with E-state index in [9.17, 15) is 5.26 Å². The molecule has 2 aromatic carbocycles. The maximum Gasteiger partial charge on any atom is 0.143 e. The molecular formula is C22H24N2O2. The van der Waals surface area contributed by atoms with Gasteiger partial charge in [-0.15, -0.1) is 0 Å². The molecule has 0 radical (unpaired) electrons. The van der Waals surface area contributed by atoms with Crippen LogP contribution in [0.2, 0.25) is 0 Å². The van der Waals surface area contributed by atoms with Crippen molar-refractivity contribution in [2.24, 2.45) is 0 Å². The van der Waals surface area contributed by atoms with Crippen LogP contribution in [0.25, 0.3) is 11.6 Å². The number of hydrogen-bond acceptors (Lipinski definition) is 4. The number of anilines is 1. The summed E-state index contributed by atoms with van der Waals surface area (Å²) < 4.78 is 11.2. The van der Waals surface area contributed by atoms with Gasteiger partial charge in [0.05, 0.1) is 31.5 Å². The van der Waals surface area contributed by atoms with E-state index < -0.39 is 0 Å². The molecule has 0 saturated carbocycles. The Morgan fingerprint density at radius 2 is 1.69 bits per heavy atom. The summed E-state index contributed by atoms with van der Waals surface area (Å²) in [6, 6.07) is 14.2. The monoisotopic (exact) mass is 348 g/mol. The SMILES string of the molecule is COc1cc(N2CCCC2)c(OC)cc1/C=C(/C#N)c1ccc(C)cc1. The molecule has 2 aromatic rings. The summed E-state index contributed by atoms with van der Waals surface area (Å²) >= 11 is 0. The first kappa shape index (κ1) is 17.9. The normalized spacial score (nSPS) is 14.2. The van der Waals surface area contributed by atoms with Crippen LogP contribution in [0, 0.1) is 18.3 Å². The lowest BCUT2D eigenvalue weighted by Crippen LogP contribution is -2.18. The maximum absolute atomic E-state index is 9.63. The molecule has 4 heteroatoms. The Morgan fingerprint density at radius 3 is 2.27 bits per heavy atom. The zero-order valence-electron chi connectivity index (χ0n) is 15.6. The third-order valence-electron chi connectivity index (χ3n) is 4.76. The molecule has 134 valence electrons. The summed E-state index contributed by atoms with van der Waals surface area (Å²) in [6.07, 6.45) is 4.25. The molecule has 0 bridgehead atoms. The van der Waals surface area contributed by atoms with E-state index in [0.29, 0.717) is 5.57 Å². The average Bonchev–Trinajstić information content (AvgIpc) is 3.21. The van der Waals surface area contributed by atoms with Gasteiger partial charge in [0.15, 0.2) is 0 Å². The molecule has 0 aromatic heterocycles. The van der Waals surface area contributed by atoms with Crippen LogP contribution in [-0.2, 0) is 0 Å². The van der Waals surface area contributed by atoms with Crippen molar-refractivity contribution in [3.63, 3.8) is 0 Å². The van der Waals surface area contributed by atoms with Crippen molar-refractivity contribution in [2.75, 3.05) is 32.2 Å². The first-order valence-electron chi connectivity index (χ1n) is 8.86. The molecule has 1 heterocycles. The lowest BCUT2D eigenvalue weighted by molar-refractivity contribution is 0.402. The van der Waals surface area contributed by atoms with E-state index in [2.05, 4.69) is 11.0 Å². The maximum atomic E-state index is 9.63. The minimum atomic E-state index is 0.597. The van der Waals surface area contributed by atoms with Crippen LogP contribution in [0.5, 0.6) is 11.5 Å². The molecule has 4 nitrogen and oxygen atoms in total. The van der Waals surface area contributed by atoms with Crippen molar-refractivity contribution in [1.29, 1.82) is 5.26 Å². The lowest BCUT2D eigenvalue weighted by atomic mass is 10.0. The van der Waals surface area contributed by atoms with Crippen molar-refractivity contribution in [1.82, 2.24) is 0 Å². The summed E-state index contributed by atoms with van der Waals surface area (Å²) in [5.41, 5.74) is 4.54. The molecule has 0 N–H and O–H groups in total. The number of allylic oxidation sites excluding steroid dienone is 1. The first-order chi connectivity index (χ1) is 12.7. The minimum Gasteiger partial charge on any atom is -0.496 e. The predicted octanol–water partition coefficient (Wildman–Crippen LogP) is 4.68. The van der Waals surface area contributed by atoms with Crippen LogP contribution >= 0.6 is 0 Å². The van der Waals surface area contributed by atoms with Crippen molar-refractivity contribution < 1.29 is 9.47 Å². The molecule has 26 heavy (non-hydrogen) atoms. The standard InChI is InChI=1S/C22H24N2O2/c1-16-6-8-17(9-7-16)19(15-23)12-18-13-22(26-3)20(14-21(18)25-2)24-10-4-5-11-24/h6-9,12-14H,4-5,10-11H2,1-3H3/b19-12-. The van der Waals surface area contributed by atoms with E-state index in [-0.39, 0.29) is 0 Å². The van der Waals surface area contributed by atoms with Crippen molar-refractivity contribution in [3.05, 3.63) is 53.1 Å². The molecular weight excluding hydrogens is 324 g/mol. The number of methoxy groups -OCH3 is 2. The van der Waals surface area contributed by atoms with Gasteiger partial charge in [0.25, 0.3) is 0 Å². The summed E-state index contributed by atoms with van der Waals surface area (Å²) in [7, 11) is 3.34. The Morgan fingerprint density at radius 1 is 1.04 bits per heavy atom. The second-order valence-electron chi connectivity index (χ2n) is 6.50. The highest BCUT2D eigenvalue weighted by molar-refractivity contribution is 5.91. The third-order valence-corrected chi connectivity index (χ3v) is 4.76. The number of hydrogen-bond donors (Lipinski definition) is 0. The molecule has 0 unspecified atom stereocenters. The number of benzene rings is 2. The van der Waals surface area contributed by atoms with Gasteiger partial charge in [-0.05, 0) is 37.5 Å². The number of nitriles is 1. The fraction of sp³-hybridized carbons (Fsp3) is 0.318. The van der Waals surface area contributed by atoms with Gasteiger partial charge in [-0.3, -0.25) is 0 Å². The zero-order valence-corrected chi connectivity index (χ0v) is 15.6. The lowest BCUT2D eigenvalue weighted by Gasteiger charge is -2.22. The van der Waals surface area contributed by atoms with E-state index in [1.807, 2.05) is 49.4 Å². The van der Waals surface area contributed by atoms with Gasteiger partial charge in [-0.25, -0.2) is 0 Å². The molecule has 1 aliphatic rings. The van der Waals surface area contributed by atoms with Gasteiger partial charge in [0, 0.05) is 24.7 Å². The van der Waals surface area contributed by atoms with Crippen LogP contribution in [0.3, 0.4) is 0 Å². The van der Waals surface area contributed by atoms with Crippen molar-refractivity contribution >= 4 is 17.3 Å². The number of rotatable bonds is 5. The molecule has 3 rings (SSSR count). The first-order valence-corrected chi connectivity index (χ1v) is 8.86. The molecule has 0 spiro atoms. The Hall–Kier alpha value is -2.93. The Kier molecular flexibility index (Phi) is 5.48. The number of nitrogens with zero attached hydrogens (tertiary/aromatic N) is 2. The molecule has 0 amide bonds. The van der Waals surface area contributed by atoms with Crippen LogP contribution in [0.1, 0.15) is 29.5 Å². The second-order valence-corrected chi connectivity index (χ2v) is 6.50. The third kappa shape index (κ3) is 3.67. The van der Waals surface area contributed by atoms with E-state index in [4.69, 9.17) is 9.47 Å². The van der Waals surface area contributed by atoms with Crippen LogP contribution in [0.15, 0.2) is 36.4 Å². The molecule has 0 atom stereocenters. The quantitative estimate of drug-likeness (QED) is 0.581. The fourth-order valence-corrected chi connectivity index (χ4v) is 3.29. The van der Waals surface area contributed by atoms with E-state index in [0.717, 1.165) is 41.4 Å². The highest BCUT2D eigenvalue weighted by Crippen LogP contribution is 2.38. The number of aryl methyl sites for hydroxylation is 1. The predicted molar refractivity (Wildman–Crippen MR) is 106 cm³/mol. The fourth-order valence-electron chi connectivity index (χ4n) is 3.29. The molecule has 1 aliphatic heterocycles. The van der Waals surface area contributed by atoms with Gasteiger partial charge in [-0.2, -0.15) is 5.26 Å². The molecule has 1 saturated heterocycles. The van der Waals surface area contributed by atoms with Gasteiger partial charge in [0.2, 0.25) is 0 Å². The Bertz CT molecular complexity index is 842. The van der Waals surface area contributed by atoms with Gasteiger partial charge in [0.1, 0.15) is 11.5 Å². The second kappa shape index (κ2) is 7.97. The Balaban J connectivity index is 2.05. The number of ether oxygens (including phenoxy) is 2. The smallest absolute Gasteiger partial charge is 0.143 e. The Labute approximate surface area is 155 Å². The van der Waals surface area contributed by atoms with E-state index >= 15 is 0 Å². The van der Waals surface area contributed by atoms with Crippen molar-refractivity contribution in [3.8, 4) is 17.6 Å². The summed E-state index contributed by atoms with van der Waals surface area (Å²) in [6.45, 7) is 4.09. The summed E-state index contributed by atoms with van der Waals surface area (Å²) in [5.74, 6) is 1.55. The van der Waals surface area contributed by atoms with Gasteiger partial charge < -0.3 is 14.4 Å².